The molecule has 1 N–H and O–H groups in total. The van der Waals surface area contributed by atoms with Gasteiger partial charge in [-0.2, -0.15) is 0 Å². The molecule has 0 saturated carbocycles. The van der Waals surface area contributed by atoms with Crippen LogP contribution in [0.3, 0.4) is 0 Å². The van der Waals surface area contributed by atoms with E-state index in [-0.39, 0.29) is 29.2 Å². The van der Waals surface area contributed by atoms with Crippen LogP contribution in [0.4, 0.5) is 9.18 Å². The normalized spacial score (nSPS) is 11.3. The average Bonchev–Trinajstić information content (AvgIpc) is 2.64. The number of methoxy groups -OCH3 is 1. The van der Waals surface area contributed by atoms with E-state index >= 15 is 0 Å². The molecule has 0 aliphatic heterocycles. The molecule has 2 aromatic rings. The molecule has 0 saturated heterocycles. The number of carbonyl (C=O) groups excluding carboxylic acids is 2. The highest BCUT2D eigenvalue weighted by Crippen LogP contribution is 2.28. The van der Waals surface area contributed by atoms with Crippen LogP contribution in [0.25, 0.3) is 5.57 Å². The molecule has 6 nitrogen and oxygen atoms in total. The second-order valence-corrected chi connectivity index (χ2v) is 5.37. The van der Waals surface area contributed by atoms with Crippen molar-refractivity contribution in [2.24, 2.45) is 0 Å². The van der Waals surface area contributed by atoms with Crippen LogP contribution in [-0.2, 0) is 9.53 Å². The summed E-state index contributed by atoms with van der Waals surface area (Å²) in [6, 6.07) is 12.8. The molecular formula is C20H20FNO5. The lowest BCUT2D eigenvalue weighted by molar-refractivity contribution is -0.136. The monoisotopic (exact) mass is 373 g/mol. The largest absolute Gasteiger partial charge is 0.494 e. The summed E-state index contributed by atoms with van der Waals surface area (Å²) in [5.74, 6) is -1.22. The molecule has 0 heterocycles. The van der Waals surface area contributed by atoms with Crippen molar-refractivity contribution < 1.29 is 28.2 Å². The topological polar surface area (TPSA) is 73.9 Å². The third-order valence-corrected chi connectivity index (χ3v) is 3.55. The number of esters is 1. The molecule has 0 spiro atoms. The molecule has 0 bridgehead atoms. The van der Waals surface area contributed by atoms with Crippen molar-refractivity contribution in [3.8, 4) is 11.5 Å². The van der Waals surface area contributed by atoms with E-state index in [1.54, 1.807) is 37.3 Å². The van der Waals surface area contributed by atoms with Crippen molar-refractivity contribution in [3.63, 3.8) is 0 Å². The number of benzene rings is 2. The fourth-order valence-electron chi connectivity index (χ4n) is 2.37. The minimum absolute atomic E-state index is 0.0334. The molecule has 0 fully saturated rings. The summed E-state index contributed by atoms with van der Waals surface area (Å²) < 4.78 is 29.8. The van der Waals surface area contributed by atoms with Crippen molar-refractivity contribution in [2.45, 2.75) is 13.8 Å². The number of carbonyl (C=O) groups is 2. The Morgan fingerprint density at radius 1 is 1.07 bits per heavy atom. The van der Waals surface area contributed by atoms with Crippen LogP contribution in [0.1, 0.15) is 19.4 Å². The standard InChI is InChI=1S/C20H20FNO5/c1-4-26-19(23)17(15-11-8-12-16(25-3)18(15)21)13(2)22-20(24)27-14-9-6-5-7-10-14/h5-12H,4H2,1-3H3,(H,22,24)/b17-13-. The molecule has 0 aliphatic rings. The van der Waals surface area contributed by atoms with Gasteiger partial charge >= 0.3 is 12.1 Å². The second-order valence-electron chi connectivity index (χ2n) is 5.37. The zero-order chi connectivity index (χ0) is 19.8. The predicted octanol–water partition coefficient (Wildman–Crippen LogP) is 3.92. The maximum Gasteiger partial charge on any atom is 0.416 e. The Kier molecular flexibility index (Phi) is 6.93. The minimum atomic E-state index is -0.816. The van der Waals surface area contributed by atoms with Gasteiger partial charge in [-0.05, 0) is 32.0 Å². The highest BCUT2D eigenvalue weighted by molar-refractivity contribution is 6.17. The Balaban J connectivity index is 2.37. The number of allylic oxidation sites excluding steroid dienone is 1. The Morgan fingerprint density at radius 3 is 2.41 bits per heavy atom. The Bertz CT molecular complexity index is 849. The van der Waals surface area contributed by atoms with Crippen LogP contribution in [0.2, 0.25) is 0 Å². The molecule has 0 radical (unpaired) electrons. The molecule has 0 aliphatic carbocycles. The molecule has 27 heavy (non-hydrogen) atoms. The molecule has 2 aromatic carbocycles. The van der Waals surface area contributed by atoms with Crippen molar-refractivity contribution in [2.75, 3.05) is 13.7 Å². The van der Waals surface area contributed by atoms with E-state index in [9.17, 15) is 14.0 Å². The lowest BCUT2D eigenvalue weighted by Gasteiger charge is -2.14. The van der Waals surface area contributed by atoms with Crippen LogP contribution in [0, 0.1) is 5.82 Å². The van der Waals surface area contributed by atoms with E-state index in [0.29, 0.717) is 5.75 Å². The highest BCUT2D eigenvalue weighted by Gasteiger charge is 2.23. The number of amides is 1. The van der Waals surface area contributed by atoms with Crippen molar-refractivity contribution in [1.82, 2.24) is 5.32 Å². The summed E-state index contributed by atoms with van der Waals surface area (Å²) in [6.45, 7) is 3.18. The Labute approximate surface area is 156 Å². The van der Waals surface area contributed by atoms with Gasteiger partial charge in [0.05, 0.1) is 19.3 Å². The molecule has 142 valence electrons. The van der Waals surface area contributed by atoms with Gasteiger partial charge in [0.2, 0.25) is 0 Å². The molecule has 0 atom stereocenters. The van der Waals surface area contributed by atoms with Gasteiger partial charge in [0.25, 0.3) is 0 Å². The van der Waals surface area contributed by atoms with E-state index in [1.165, 1.54) is 32.2 Å². The number of nitrogens with one attached hydrogen (secondary N) is 1. The maximum absolute atomic E-state index is 14.7. The maximum atomic E-state index is 14.7. The highest BCUT2D eigenvalue weighted by atomic mass is 19.1. The first-order valence-electron chi connectivity index (χ1n) is 8.22. The van der Waals surface area contributed by atoms with Gasteiger partial charge in [0.15, 0.2) is 11.6 Å². The summed E-state index contributed by atoms with van der Waals surface area (Å²) in [7, 11) is 1.32. The third kappa shape index (κ3) is 5.07. The summed E-state index contributed by atoms with van der Waals surface area (Å²) in [5, 5.41) is 2.44. The van der Waals surface area contributed by atoms with Gasteiger partial charge in [0.1, 0.15) is 5.75 Å². The smallest absolute Gasteiger partial charge is 0.416 e. The van der Waals surface area contributed by atoms with E-state index < -0.39 is 17.9 Å². The summed E-state index contributed by atoms with van der Waals surface area (Å²) in [5.41, 5.74) is -0.0925. The SMILES string of the molecule is CCOC(=O)/C(=C(/C)NC(=O)Oc1ccccc1)c1cccc(OC)c1F. The van der Waals surface area contributed by atoms with Crippen LogP contribution in [0.15, 0.2) is 54.2 Å². The van der Waals surface area contributed by atoms with E-state index in [4.69, 9.17) is 14.2 Å². The van der Waals surface area contributed by atoms with Crippen molar-refractivity contribution >= 4 is 17.6 Å². The first-order valence-corrected chi connectivity index (χ1v) is 8.22. The number of rotatable bonds is 6. The van der Waals surface area contributed by atoms with Crippen LogP contribution >= 0.6 is 0 Å². The van der Waals surface area contributed by atoms with Gasteiger partial charge in [-0.1, -0.05) is 30.3 Å². The predicted molar refractivity (Wildman–Crippen MR) is 97.8 cm³/mol. The third-order valence-electron chi connectivity index (χ3n) is 3.55. The van der Waals surface area contributed by atoms with Crippen molar-refractivity contribution in [1.29, 1.82) is 0 Å². The fraction of sp³-hybridized carbons (Fsp3) is 0.200. The molecule has 2 rings (SSSR count). The molecule has 1 amide bonds. The zero-order valence-corrected chi connectivity index (χ0v) is 15.2. The van der Waals surface area contributed by atoms with Gasteiger partial charge in [-0.25, -0.2) is 14.0 Å². The molecule has 0 aromatic heterocycles. The van der Waals surface area contributed by atoms with E-state index in [2.05, 4.69) is 5.32 Å². The van der Waals surface area contributed by atoms with Gasteiger partial charge < -0.3 is 14.2 Å². The average molecular weight is 373 g/mol. The lowest BCUT2D eigenvalue weighted by Crippen LogP contribution is -2.27. The van der Waals surface area contributed by atoms with E-state index in [0.717, 1.165) is 0 Å². The minimum Gasteiger partial charge on any atom is -0.494 e. The van der Waals surface area contributed by atoms with Crippen LogP contribution in [0.5, 0.6) is 11.5 Å². The summed E-state index contributed by atoms with van der Waals surface area (Å²) in [6.07, 6.45) is -0.816. The number of hydrogen-bond donors (Lipinski definition) is 1. The number of para-hydroxylation sites is 1. The summed E-state index contributed by atoms with van der Waals surface area (Å²) in [4.78, 5) is 24.5. The van der Waals surface area contributed by atoms with E-state index in [1.807, 2.05) is 0 Å². The summed E-state index contributed by atoms with van der Waals surface area (Å²) >= 11 is 0. The first kappa shape index (κ1) is 20.0. The van der Waals surface area contributed by atoms with Gasteiger partial charge in [0, 0.05) is 11.3 Å². The fourth-order valence-corrected chi connectivity index (χ4v) is 2.37. The molecule has 0 unspecified atom stereocenters. The number of hydrogen-bond acceptors (Lipinski definition) is 5. The Morgan fingerprint density at radius 2 is 1.78 bits per heavy atom. The zero-order valence-electron chi connectivity index (χ0n) is 15.2. The first-order chi connectivity index (χ1) is 13.0. The number of ether oxygens (including phenoxy) is 3. The molecule has 7 heteroatoms. The van der Waals surface area contributed by atoms with Crippen LogP contribution in [-0.4, -0.2) is 25.8 Å². The Hall–Kier alpha value is -3.35. The second kappa shape index (κ2) is 9.38. The number of halogens is 1. The molecular weight excluding hydrogens is 353 g/mol. The quantitative estimate of drug-likeness (QED) is 0.614. The van der Waals surface area contributed by atoms with Crippen LogP contribution < -0.4 is 14.8 Å². The van der Waals surface area contributed by atoms with Crippen molar-refractivity contribution in [3.05, 3.63) is 65.6 Å². The van der Waals surface area contributed by atoms with Gasteiger partial charge in [-0.15, -0.1) is 0 Å². The lowest BCUT2D eigenvalue weighted by atomic mass is 10.0. The van der Waals surface area contributed by atoms with Gasteiger partial charge in [-0.3, -0.25) is 5.32 Å².